The fourth-order valence-corrected chi connectivity index (χ4v) is 4.02. The van der Waals surface area contributed by atoms with Crippen molar-refractivity contribution in [1.82, 2.24) is 4.31 Å². The molecule has 2 atom stereocenters. The van der Waals surface area contributed by atoms with Crippen molar-refractivity contribution in [2.24, 2.45) is 11.8 Å². The van der Waals surface area contributed by atoms with Gasteiger partial charge in [-0.3, -0.25) is 9.59 Å². The number of ketones is 1. The maximum atomic E-state index is 12.5. The SMILES string of the molecule is CC(=O)c1ccc(S(=O)(=O)N2CC(C)C(C(=O)O)C2)cc1. The van der Waals surface area contributed by atoms with E-state index in [0.29, 0.717) is 5.56 Å². The van der Waals surface area contributed by atoms with Crippen LogP contribution in [0.5, 0.6) is 0 Å². The van der Waals surface area contributed by atoms with Gasteiger partial charge in [0.1, 0.15) is 0 Å². The lowest BCUT2D eigenvalue weighted by atomic mass is 9.99. The Morgan fingerprint density at radius 1 is 1.19 bits per heavy atom. The molecule has 1 aliphatic heterocycles. The van der Waals surface area contributed by atoms with Crippen LogP contribution in [0.1, 0.15) is 24.2 Å². The molecule has 0 aromatic heterocycles. The highest BCUT2D eigenvalue weighted by atomic mass is 32.2. The van der Waals surface area contributed by atoms with E-state index in [1.807, 2.05) is 0 Å². The highest BCUT2D eigenvalue weighted by Crippen LogP contribution is 2.28. The second kappa shape index (κ2) is 5.57. The second-order valence-electron chi connectivity index (χ2n) is 5.32. The number of benzene rings is 1. The number of hydrogen-bond acceptors (Lipinski definition) is 4. The van der Waals surface area contributed by atoms with Gasteiger partial charge in [0.05, 0.1) is 10.8 Å². The number of carboxylic acids is 1. The van der Waals surface area contributed by atoms with Crippen molar-refractivity contribution in [1.29, 1.82) is 0 Å². The topological polar surface area (TPSA) is 91.8 Å². The molecule has 0 radical (unpaired) electrons. The molecule has 1 fully saturated rings. The highest BCUT2D eigenvalue weighted by Gasteiger charge is 2.40. The molecule has 1 saturated heterocycles. The Bertz CT molecular complexity index is 665. The Morgan fingerprint density at radius 2 is 1.76 bits per heavy atom. The predicted molar refractivity (Wildman–Crippen MR) is 75.5 cm³/mol. The van der Waals surface area contributed by atoms with Gasteiger partial charge in [-0.05, 0) is 25.0 Å². The first kappa shape index (κ1) is 15.7. The van der Waals surface area contributed by atoms with Gasteiger partial charge in [-0.1, -0.05) is 19.1 Å². The molecule has 0 saturated carbocycles. The number of nitrogens with zero attached hydrogens (tertiary/aromatic N) is 1. The molecule has 21 heavy (non-hydrogen) atoms. The van der Waals surface area contributed by atoms with Crippen molar-refractivity contribution in [3.63, 3.8) is 0 Å². The molecule has 7 heteroatoms. The zero-order chi connectivity index (χ0) is 15.8. The van der Waals surface area contributed by atoms with Crippen molar-refractivity contribution >= 4 is 21.8 Å². The molecular weight excluding hydrogens is 294 g/mol. The van der Waals surface area contributed by atoms with Crippen molar-refractivity contribution in [3.8, 4) is 0 Å². The first-order chi connectivity index (χ1) is 9.73. The van der Waals surface area contributed by atoms with E-state index in [9.17, 15) is 18.0 Å². The number of sulfonamides is 1. The number of carbonyl (C=O) groups excluding carboxylic acids is 1. The average molecular weight is 311 g/mol. The van der Waals surface area contributed by atoms with E-state index in [1.54, 1.807) is 6.92 Å². The van der Waals surface area contributed by atoms with E-state index >= 15 is 0 Å². The molecule has 6 nitrogen and oxygen atoms in total. The lowest BCUT2D eigenvalue weighted by molar-refractivity contribution is -0.142. The first-order valence-corrected chi connectivity index (χ1v) is 8.01. The van der Waals surface area contributed by atoms with Gasteiger partial charge in [-0.15, -0.1) is 0 Å². The van der Waals surface area contributed by atoms with Crippen LogP contribution in [0.3, 0.4) is 0 Å². The van der Waals surface area contributed by atoms with E-state index in [-0.39, 0.29) is 29.7 Å². The molecule has 1 N–H and O–H groups in total. The number of rotatable bonds is 4. The van der Waals surface area contributed by atoms with E-state index in [4.69, 9.17) is 5.11 Å². The minimum atomic E-state index is -3.72. The van der Waals surface area contributed by atoms with Gasteiger partial charge in [0.2, 0.25) is 10.0 Å². The third-order valence-corrected chi connectivity index (χ3v) is 5.64. The van der Waals surface area contributed by atoms with E-state index < -0.39 is 21.9 Å². The third kappa shape index (κ3) is 2.98. The lowest BCUT2D eigenvalue weighted by Crippen LogP contribution is -2.30. The lowest BCUT2D eigenvalue weighted by Gasteiger charge is -2.16. The van der Waals surface area contributed by atoms with E-state index in [1.165, 1.54) is 35.5 Å². The van der Waals surface area contributed by atoms with Gasteiger partial charge in [-0.25, -0.2) is 8.42 Å². The largest absolute Gasteiger partial charge is 0.481 e. The van der Waals surface area contributed by atoms with Gasteiger partial charge in [0, 0.05) is 18.7 Å². The molecule has 0 spiro atoms. The minimum Gasteiger partial charge on any atom is -0.481 e. The molecule has 0 amide bonds. The second-order valence-corrected chi connectivity index (χ2v) is 7.26. The Labute approximate surface area is 123 Å². The molecule has 1 heterocycles. The van der Waals surface area contributed by atoms with Crippen LogP contribution in [0.4, 0.5) is 0 Å². The van der Waals surface area contributed by atoms with Crippen LogP contribution in [0.25, 0.3) is 0 Å². The Morgan fingerprint density at radius 3 is 2.19 bits per heavy atom. The van der Waals surface area contributed by atoms with Crippen LogP contribution in [0.15, 0.2) is 29.2 Å². The summed E-state index contributed by atoms with van der Waals surface area (Å²) in [5.41, 5.74) is 0.437. The number of aliphatic carboxylic acids is 1. The molecule has 2 rings (SSSR count). The zero-order valence-corrected chi connectivity index (χ0v) is 12.6. The Kier molecular flexibility index (Phi) is 4.15. The number of Topliss-reactive ketones (excluding diaryl/α,β-unsaturated/α-hetero) is 1. The fourth-order valence-electron chi connectivity index (χ4n) is 2.45. The average Bonchev–Trinajstić information content (AvgIpc) is 2.82. The van der Waals surface area contributed by atoms with Crippen LogP contribution < -0.4 is 0 Å². The molecule has 1 aromatic rings. The van der Waals surface area contributed by atoms with Gasteiger partial charge >= 0.3 is 5.97 Å². The van der Waals surface area contributed by atoms with Gasteiger partial charge in [0.25, 0.3) is 0 Å². The minimum absolute atomic E-state index is 0.0205. The molecule has 0 bridgehead atoms. The molecule has 2 unspecified atom stereocenters. The Balaban J connectivity index is 2.27. The molecule has 1 aliphatic rings. The number of hydrogen-bond donors (Lipinski definition) is 1. The molecule has 114 valence electrons. The quantitative estimate of drug-likeness (QED) is 0.844. The summed E-state index contributed by atoms with van der Waals surface area (Å²) in [6.07, 6.45) is 0. The predicted octanol–water partition coefficient (Wildman–Crippen LogP) is 1.23. The van der Waals surface area contributed by atoms with Crippen LogP contribution >= 0.6 is 0 Å². The first-order valence-electron chi connectivity index (χ1n) is 6.57. The molecule has 1 aromatic carbocycles. The zero-order valence-electron chi connectivity index (χ0n) is 11.8. The van der Waals surface area contributed by atoms with Crippen LogP contribution in [0.2, 0.25) is 0 Å². The van der Waals surface area contributed by atoms with Crippen molar-refractivity contribution in [3.05, 3.63) is 29.8 Å². The van der Waals surface area contributed by atoms with E-state index in [2.05, 4.69) is 0 Å². The van der Waals surface area contributed by atoms with Crippen LogP contribution in [0, 0.1) is 11.8 Å². The summed E-state index contributed by atoms with van der Waals surface area (Å²) in [6, 6.07) is 5.68. The Hall–Kier alpha value is -1.73. The summed E-state index contributed by atoms with van der Waals surface area (Å²) >= 11 is 0. The van der Waals surface area contributed by atoms with Crippen LogP contribution in [-0.2, 0) is 14.8 Å². The number of carbonyl (C=O) groups is 2. The maximum Gasteiger partial charge on any atom is 0.308 e. The van der Waals surface area contributed by atoms with Crippen molar-refractivity contribution in [2.45, 2.75) is 18.7 Å². The van der Waals surface area contributed by atoms with Crippen molar-refractivity contribution in [2.75, 3.05) is 13.1 Å². The van der Waals surface area contributed by atoms with Gasteiger partial charge < -0.3 is 5.11 Å². The summed E-state index contributed by atoms with van der Waals surface area (Å²) in [4.78, 5) is 22.4. The normalized spacial score (nSPS) is 23.1. The molecule has 0 aliphatic carbocycles. The summed E-state index contributed by atoms with van der Waals surface area (Å²) in [5, 5.41) is 9.08. The van der Waals surface area contributed by atoms with E-state index in [0.717, 1.165) is 0 Å². The smallest absolute Gasteiger partial charge is 0.308 e. The fraction of sp³-hybridized carbons (Fsp3) is 0.429. The summed E-state index contributed by atoms with van der Waals surface area (Å²) in [7, 11) is -3.72. The monoisotopic (exact) mass is 311 g/mol. The maximum absolute atomic E-state index is 12.5. The highest BCUT2D eigenvalue weighted by molar-refractivity contribution is 7.89. The van der Waals surface area contributed by atoms with Crippen LogP contribution in [-0.4, -0.2) is 42.7 Å². The summed E-state index contributed by atoms with van der Waals surface area (Å²) in [5.74, 6) is -2.03. The van der Waals surface area contributed by atoms with Gasteiger partial charge in [-0.2, -0.15) is 4.31 Å². The summed E-state index contributed by atoms with van der Waals surface area (Å²) < 4.78 is 26.1. The van der Waals surface area contributed by atoms with Gasteiger partial charge in [0.15, 0.2) is 5.78 Å². The third-order valence-electron chi connectivity index (χ3n) is 3.79. The number of carboxylic acid groups (broad SMARTS) is 1. The molecular formula is C14H17NO5S. The summed E-state index contributed by atoms with van der Waals surface area (Å²) in [6.45, 7) is 3.30. The van der Waals surface area contributed by atoms with Crippen molar-refractivity contribution < 1.29 is 23.1 Å². The standard InChI is InChI=1S/C14H17NO5S/c1-9-7-15(8-13(9)14(17)18)21(19,20)12-5-3-11(4-6-12)10(2)16/h3-6,9,13H,7-8H2,1-2H3,(H,17,18).